The topological polar surface area (TPSA) is 111 Å². The van der Waals surface area contributed by atoms with E-state index in [1.807, 2.05) is 37.3 Å². The van der Waals surface area contributed by atoms with E-state index in [0.717, 1.165) is 12.0 Å². The fraction of sp³-hybridized carbons (Fsp3) is 0.368. The molecule has 0 saturated heterocycles. The summed E-state index contributed by atoms with van der Waals surface area (Å²) in [4.78, 5) is 42.8. The molecule has 28 heavy (non-hydrogen) atoms. The largest absolute Gasteiger partial charge is 0.450 e. The van der Waals surface area contributed by atoms with Crippen LogP contribution in [0.1, 0.15) is 24.7 Å². The Hall–Kier alpha value is -3.36. The maximum Gasteiger partial charge on any atom is 0.407 e. The number of nitrogens with zero attached hydrogens (tertiary/aromatic N) is 3. The smallest absolute Gasteiger partial charge is 0.407 e. The van der Waals surface area contributed by atoms with Crippen molar-refractivity contribution >= 4 is 17.3 Å². The Labute approximate surface area is 161 Å². The summed E-state index contributed by atoms with van der Waals surface area (Å²) in [5, 5.41) is 2.67. The molecule has 1 aromatic carbocycles. The zero-order chi connectivity index (χ0) is 20.1. The van der Waals surface area contributed by atoms with Crippen molar-refractivity contribution in [2.75, 3.05) is 13.2 Å². The molecule has 0 aliphatic heterocycles. The highest BCUT2D eigenvalue weighted by Gasteiger charge is 2.17. The van der Waals surface area contributed by atoms with Crippen molar-refractivity contribution in [1.82, 2.24) is 24.4 Å². The number of imidazole rings is 1. The average molecular weight is 385 g/mol. The number of hydrogen-bond acceptors (Lipinski definition) is 5. The monoisotopic (exact) mass is 385 g/mol. The summed E-state index contributed by atoms with van der Waals surface area (Å²) in [5.74, 6) is 0.598. The molecule has 0 saturated carbocycles. The molecular weight excluding hydrogens is 362 g/mol. The Morgan fingerprint density at radius 2 is 2.00 bits per heavy atom. The SMILES string of the molecule is CCCOC(=O)NCCc1nc2c(c(=O)[nH]c(=O)n2C)n1Cc1ccccc1. The van der Waals surface area contributed by atoms with Gasteiger partial charge in [0.1, 0.15) is 5.82 Å². The number of fused-ring (bicyclic) bond motifs is 1. The minimum absolute atomic E-state index is 0.298. The highest BCUT2D eigenvalue weighted by Crippen LogP contribution is 2.14. The standard InChI is InChI=1S/C19H23N5O4/c1-3-11-28-19(27)20-10-9-14-21-16-15(17(25)22-18(26)23(16)2)24(14)12-13-7-5-4-6-8-13/h4-8H,3,9-12H2,1-2H3,(H,20,27)(H,22,25,26). The van der Waals surface area contributed by atoms with Crippen molar-refractivity contribution in [1.29, 1.82) is 0 Å². The molecule has 3 aromatic rings. The normalized spacial score (nSPS) is 10.9. The number of nitrogens with one attached hydrogen (secondary N) is 2. The Morgan fingerprint density at radius 1 is 1.25 bits per heavy atom. The number of H-pyrrole nitrogens is 1. The Morgan fingerprint density at radius 3 is 2.71 bits per heavy atom. The second-order valence-corrected chi connectivity index (χ2v) is 6.40. The van der Waals surface area contributed by atoms with Crippen molar-refractivity contribution < 1.29 is 9.53 Å². The van der Waals surface area contributed by atoms with Crippen molar-refractivity contribution in [2.45, 2.75) is 26.3 Å². The first-order valence-electron chi connectivity index (χ1n) is 9.14. The molecule has 0 aliphatic carbocycles. The lowest BCUT2D eigenvalue weighted by Gasteiger charge is -2.10. The van der Waals surface area contributed by atoms with Crippen LogP contribution in [-0.2, 0) is 24.8 Å². The molecule has 0 unspecified atom stereocenters. The Balaban J connectivity index is 1.94. The molecule has 2 N–H and O–H groups in total. The fourth-order valence-electron chi connectivity index (χ4n) is 2.93. The van der Waals surface area contributed by atoms with Crippen molar-refractivity contribution in [3.63, 3.8) is 0 Å². The summed E-state index contributed by atoms with van der Waals surface area (Å²) in [5.41, 5.74) is 0.632. The molecule has 1 amide bonds. The van der Waals surface area contributed by atoms with E-state index in [4.69, 9.17) is 4.74 Å². The van der Waals surface area contributed by atoms with Crippen LogP contribution in [0.3, 0.4) is 0 Å². The fourth-order valence-corrected chi connectivity index (χ4v) is 2.93. The highest BCUT2D eigenvalue weighted by molar-refractivity contribution is 5.71. The van der Waals surface area contributed by atoms with Crippen LogP contribution >= 0.6 is 0 Å². The maximum absolute atomic E-state index is 12.5. The molecule has 0 spiro atoms. The number of aromatic amines is 1. The first-order chi connectivity index (χ1) is 13.5. The molecule has 0 bridgehead atoms. The summed E-state index contributed by atoms with van der Waals surface area (Å²) >= 11 is 0. The highest BCUT2D eigenvalue weighted by atomic mass is 16.5. The molecule has 3 rings (SSSR count). The third kappa shape index (κ3) is 4.13. The number of carbonyl (C=O) groups is 1. The van der Waals surface area contributed by atoms with E-state index in [2.05, 4.69) is 15.3 Å². The van der Waals surface area contributed by atoms with E-state index in [9.17, 15) is 14.4 Å². The number of rotatable bonds is 7. The summed E-state index contributed by atoms with van der Waals surface area (Å²) in [6.07, 6.45) is 0.644. The summed E-state index contributed by atoms with van der Waals surface area (Å²) in [6, 6.07) is 9.65. The second kappa shape index (κ2) is 8.55. The molecule has 9 heteroatoms. The number of amides is 1. The van der Waals surface area contributed by atoms with Crippen LogP contribution < -0.4 is 16.6 Å². The summed E-state index contributed by atoms with van der Waals surface area (Å²) in [7, 11) is 1.56. The number of hydrogen-bond donors (Lipinski definition) is 2. The van der Waals surface area contributed by atoms with Gasteiger partial charge in [0.2, 0.25) is 0 Å². The number of carbonyl (C=O) groups excluding carboxylic acids is 1. The van der Waals surface area contributed by atoms with Crippen LogP contribution in [0.2, 0.25) is 0 Å². The van der Waals surface area contributed by atoms with E-state index < -0.39 is 17.3 Å². The number of alkyl carbamates (subject to hydrolysis) is 1. The van der Waals surface area contributed by atoms with Gasteiger partial charge in [0.25, 0.3) is 5.56 Å². The van der Waals surface area contributed by atoms with Gasteiger partial charge in [-0.3, -0.25) is 14.3 Å². The van der Waals surface area contributed by atoms with Gasteiger partial charge in [-0.15, -0.1) is 0 Å². The van der Waals surface area contributed by atoms with Gasteiger partial charge in [0.15, 0.2) is 11.2 Å². The minimum atomic E-state index is -0.519. The Bertz CT molecular complexity index is 1080. The summed E-state index contributed by atoms with van der Waals surface area (Å²) in [6.45, 7) is 3.00. The van der Waals surface area contributed by atoms with Crippen molar-refractivity contribution in [3.05, 3.63) is 62.6 Å². The van der Waals surface area contributed by atoms with Crippen LogP contribution in [0.5, 0.6) is 0 Å². The van der Waals surface area contributed by atoms with E-state index >= 15 is 0 Å². The quantitative estimate of drug-likeness (QED) is 0.634. The van der Waals surface area contributed by atoms with Crippen molar-refractivity contribution in [3.8, 4) is 0 Å². The number of ether oxygens (including phenoxy) is 1. The van der Waals surface area contributed by atoms with Gasteiger partial charge in [-0.2, -0.15) is 0 Å². The van der Waals surface area contributed by atoms with Crippen molar-refractivity contribution in [2.24, 2.45) is 7.05 Å². The zero-order valence-corrected chi connectivity index (χ0v) is 15.9. The van der Waals surface area contributed by atoms with Crippen LogP contribution in [-0.4, -0.2) is 38.3 Å². The van der Waals surface area contributed by atoms with Gasteiger partial charge in [-0.25, -0.2) is 14.6 Å². The molecule has 0 atom stereocenters. The molecule has 0 radical (unpaired) electrons. The van der Waals surface area contributed by atoms with Gasteiger partial charge in [0.05, 0.1) is 6.61 Å². The lowest BCUT2D eigenvalue weighted by atomic mass is 10.2. The lowest BCUT2D eigenvalue weighted by Crippen LogP contribution is -2.29. The molecule has 9 nitrogen and oxygen atoms in total. The van der Waals surface area contributed by atoms with Gasteiger partial charge in [0, 0.05) is 26.6 Å². The zero-order valence-electron chi connectivity index (χ0n) is 15.9. The van der Waals surface area contributed by atoms with Crippen LogP contribution in [0.15, 0.2) is 39.9 Å². The number of aryl methyl sites for hydroxylation is 1. The van der Waals surface area contributed by atoms with Gasteiger partial charge >= 0.3 is 11.8 Å². The minimum Gasteiger partial charge on any atom is -0.450 e. The third-order valence-electron chi connectivity index (χ3n) is 4.32. The summed E-state index contributed by atoms with van der Waals surface area (Å²) < 4.78 is 8.08. The molecule has 0 aliphatic rings. The van der Waals surface area contributed by atoms with Crippen LogP contribution in [0.25, 0.3) is 11.2 Å². The third-order valence-corrected chi connectivity index (χ3v) is 4.32. The molecular formula is C19H23N5O4. The predicted molar refractivity (Wildman–Crippen MR) is 104 cm³/mol. The van der Waals surface area contributed by atoms with Gasteiger partial charge < -0.3 is 14.6 Å². The molecule has 2 heterocycles. The second-order valence-electron chi connectivity index (χ2n) is 6.40. The van der Waals surface area contributed by atoms with Crippen LogP contribution in [0.4, 0.5) is 4.79 Å². The average Bonchev–Trinajstić information content (AvgIpc) is 3.04. The first kappa shape index (κ1) is 19.4. The molecule has 0 fully saturated rings. The number of benzene rings is 1. The van der Waals surface area contributed by atoms with Gasteiger partial charge in [-0.1, -0.05) is 37.3 Å². The van der Waals surface area contributed by atoms with E-state index in [-0.39, 0.29) is 0 Å². The van der Waals surface area contributed by atoms with E-state index in [0.29, 0.717) is 43.1 Å². The maximum atomic E-state index is 12.5. The predicted octanol–water partition coefficient (Wildman–Crippen LogP) is 1.15. The van der Waals surface area contributed by atoms with E-state index in [1.165, 1.54) is 4.57 Å². The Kier molecular flexibility index (Phi) is 5.93. The van der Waals surface area contributed by atoms with E-state index in [1.54, 1.807) is 11.6 Å². The van der Waals surface area contributed by atoms with Gasteiger partial charge in [-0.05, 0) is 12.0 Å². The first-order valence-corrected chi connectivity index (χ1v) is 9.14. The molecule has 2 aromatic heterocycles. The molecule has 148 valence electrons. The number of aromatic nitrogens is 4. The van der Waals surface area contributed by atoms with Crippen LogP contribution in [0, 0.1) is 0 Å². The lowest BCUT2D eigenvalue weighted by molar-refractivity contribution is 0.146.